The lowest BCUT2D eigenvalue weighted by molar-refractivity contribution is 0.257. The second-order valence-corrected chi connectivity index (χ2v) is 8.05. The summed E-state index contributed by atoms with van der Waals surface area (Å²) in [5, 5.41) is 22.0. The van der Waals surface area contributed by atoms with Crippen molar-refractivity contribution in [1.29, 1.82) is 0 Å². The summed E-state index contributed by atoms with van der Waals surface area (Å²) in [7, 11) is -0.171. The molecule has 8 heteroatoms. The van der Waals surface area contributed by atoms with Crippen LogP contribution in [0.15, 0.2) is 29.2 Å². The molecule has 0 aromatic heterocycles. The van der Waals surface area contributed by atoms with E-state index in [4.69, 9.17) is 4.74 Å². The molecule has 0 saturated carbocycles. The summed E-state index contributed by atoms with van der Waals surface area (Å²) in [5.74, 6) is 0.388. The molecule has 2 aromatic carbocycles. The summed E-state index contributed by atoms with van der Waals surface area (Å²) in [4.78, 5) is 13.2. The van der Waals surface area contributed by atoms with Gasteiger partial charge < -0.3 is 20.1 Å². The van der Waals surface area contributed by atoms with Crippen LogP contribution in [0.4, 0.5) is 10.5 Å². The minimum absolute atomic E-state index is 0.258. The van der Waals surface area contributed by atoms with Gasteiger partial charge in [0.15, 0.2) is 0 Å². The van der Waals surface area contributed by atoms with Gasteiger partial charge in [0.25, 0.3) is 0 Å². The van der Waals surface area contributed by atoms with E-state index in [0.717, 1.165) is 56.2 Å². The number of anilines is 1. The lowest BCUT2D eigenvalue weighted by Gasteiger charge is -2.16. The van der Waals surface area contributed by atoms with Crippen molar-refractivity contribution < 1.29 is 19.6 Å². The van der Waals surface area contributed by atoms with E-state index in [1.165, 1.54) is 29.4 Å². The molecule has 4 rings (SSSR count). The van der Waals surface area contributed by atoms with Crippen molar-refractivity contribution in [2.75, 3.05) is 12.4 Å². The first-order valence-corrected chi connectivity index (χ1v) is 10.3. The van der Waals surface area contributed by atoms with Crippen LogP contribution in [-0.2, 0) is 25.7 Å². The summed E-state index contributed by atoms with van der Waals surface area (Å²) < 4.78 is 7.92. The Morgan fingerprint density at radius 2 is 1.75 bits per heavy atom. The van der Waals surface area contributed by atoms with Crippen molar-refractivity contribution >= 4 is 36.2 Å². The Bertz CT molecular complexity index is 887. The van der Waals surface area contributed by atoms with Crippen molar-refractivity contribution in [3.8, 4) is 5.75 Å². The molecule has 0 fully saturated rings. The molecule has 0 aliphatic heterocycles. The highest BCUT2D eigenvalue weighted by molar-refractivity contribution is 7.98. The fourth-order valence-electron chi connectivity index (χ4n) is 4.19. The molecule has 28 heavy (non-hydrogen) atoms. The SMILES string of the molecule is COc1ccc(SNC(=O)Nc2c3c(cc4c2CCC4)CCC3)cc1B(O)O. The number of methoxy groups -OCH3 is 1. The fourth-order valence-corrected chi connectivity index (χ4v) is 4.77. The Balaban J connectivity index is 1.47. The van der Waals surface area contributed by atoms with Crippen molar-refractivity contribution in [2.45, 2.75) is 43.4 Å². The maximum absolute atomic E-state index is 12.6. The molecule has 2 aliphatic rings. The van der Waals surface area contributed by atoms with Gasteiger partial charge in [-0.2, -0.15) is 0 Å². The van der Waals surface area contributed by atoms with E-state index in [0.29, 0.717) is 10.6 Å². The number of hydrogen-bond acceptors (Lipinski definition) is 5. The Hall–Kier alpha value is -2.16. The molecule has 0 bridgehead atoms. The minimum Gasteiger partial charge on any atom is -0.497 e. The van der Waals surface area contributed by atoms with Gasteiger partial charge in [0.1, 0.15) is 5.75 Å². The van der Waals surface area contributed by atoms with Gasteiger partial charge in [0.05, 0.1) is 7.11 Å². The molecule has 0 heterocycles. The molecule has 4 N–H and O–H groups in total. The zero-order chi connectivity index (χ0) is 19.7. The van der Waals surface area contributed by atoms with Crippen molar-refractivity contribution in [3.05, 3.63) is 46.5 Å². The number of nitrogens with one attached hydrogen (secondary N) is 2. The summed E-state index contributed by atoms with van der Waals surface area (Å²) in [6.07, 6.45) is 6.49. The maximum Gasteiger partial charge on any atom is 0.492 e. The number of ether oxygens (including phenoxy) is 1. The zero-order valence-electron chi connectivity index (χ0n) is 15.7. The quantitative estimate of drug-likeness (QED) is 0.458. The summed E-state index contributed by atoms with van der Waals surface area (Å²) in [5.41, 5.74) is 6.59. The van der Waals surface area contributed by atoms with Gasteiger partial charge in [0.2, 0.25) is 0 Å². The molecule has 0 spiro atoms. The largest absolute Gasteiger partial charge is 0.497 e. The van der Waals surface area contributed by atoms with Crippen molar-refractivity contribution in [2.24, 2.45) is 0 Å². The second kappa shape index (κ2) is 8.07. The predicted molar refractivity (Wildman–Crippen MR) is 111 cm³/mol. The van der Waals surface area contributed by atoms with Crippen LogP contribution in [0.3, 0.4) is 0 Å². The molecular formula is C20H23BN2O4S. The van der Waals surface area contributed by atoms with Gasteiger partial charge in [-0.25, -0.2) is 4.79 Å². The number of benzene rings is 2. The molecule has 6 nitrogen and oxygen atoms in total. The first kappa shape index (κ1) is 19.2. The predicted octanol–water partition coefficient (Wildman–Crippen LogP) is 2.18. The summed E-state index contributed by atoms with van der Waals surface area (Å²) in [6.45, 7) is 0. The highest BCUT2D eigenvalue weighted by Gasteiger charge is 2.25. The number of aryl methyl sites for hydroxylation is 2. The number of urea groups is 1. The van der Waals surface area contributed by atoms with E-state index in [2.05, 4.69) is 16.1 Å². The van der Waals surface area contributed by atoms with E-state index < -0.39 is 7.12 Å². The molecule has 146 valence electrons. The van der Waals surface area contributed by atoms with Crippen molar-refractivity contribution in [3.63, 3.8) is 0 Å². The smallest absolute Gasteiger partial charge is 0.492 e. The lowest BCUT2D eigenvalue weighted by Crippen LogP contribution is -2.31. The number of carbonyl (C=O) groups is 1. The first-order chi connectivity index (χ1) is 13.6. The molecule has 0 unspecified atom stereocenters. The van der Waals surface area contributed by atoms with Gasteiger partial charge in [-0.1, -0.05) is 6.07 Å². The monoisotopic (exact) mass is 398 g/mol. The van der Waals surface area contributed by atoms with E-state index >= 15 is 0 Å². The molecule has 2 amide bonds. The summed E-state index contributed by atoms with van der Waals surface area (Å²) in [6, 6.07) is 7.05. The van der Waals surface area contributed by atoms with Gasteiger partial charge >= 0.3 is 13.1 Å². The molecule has 0 radical (unpaired) electrons. The van der Waals surface area contributed by atoms with Crippen LogP contribution in [-0.4, -0.2) is 30.3 Å². The number of amides is 2. The van der Waals surface area contributed by atoms with E-state index in [9.17, 15) is 14.8 Å². The fraction of sp³-hybridized carbons (Fsp3) is 0.350. The number of fused-ring (bicyclic) bond motifs is 2. The van der Waals surface area contributed by atoms with Crippen LogP contribution >= 0.6 is 11.9 Å². The van der Waals surface area contributed by atoms with E-state index in [-0.39, 0.29) is 11.5 Å². The molecule has 2 aromatic rings. The van der Waals surface area contributed by atoms with Gasteiger partial charge in [0, 0.05) is 16.0 Å². The van der Waals surface area contributed by atoms with Gasteiger partial charge in [-0.05, 0) is 90.9 Å². The van der Waals surface area contributed by atoms with Crippen LogP contribution in [0.25, 0.3) is 0 Å². The van der Waals surface area contributed by atoms with Crippen LogP contribution < -0.4 is 20.2 Å². The lowest BCUT2D eigenvalue weighted by atomic mass is 9.79. The number of carbonyl (C=O) groups excluding carboxylic acids is 1. The minimum atomic E-state index is -1.64. The van der Waals surface area contributed by atoms with E-state index in [1.54, 1.807) is 18.2 Å². The number of rotatable bonds is 5. The number of hydrogen-bond donors (Lipinski definition) is 4. The van der Waals surface area contributed by atoms with Crippen molar-refractivity contribution in [1.82, 2.24) is 4.72 Å². The standard InChI is InChI=1S/C20H23BN2O4S/c1-27-18-9-8-14(11-17(18)21(25)26)28-23-20(24)22-19-15-6-2-4-12(15)10-13-5-3-7-16(13)19/h8-11,25-26H,2-7H2,1H3,(H2,22,23,24). The zero-order valence-corrected chi connectivity index (χ0v) is 16.6. The average molecular weight is 398 g/mol. The average Bonchev–Trinajstić information content (AvgIpc) is 3.35. The van der Waals surface area contributed by atoms with E-state index in [1.807, 2.05) is 0 Å². The Morgan fingerprint density at radius 3 is 2.36 bits per heavy atom. The second-order valence-electron chi connectivity index (χ2n) is 7.17. The summed E-state index contributed by atoms with van der Waals surface area (Å²) >= 11 is 1.13. The highest BCUT2D eigenvalue weighted by atomic mass is 32.2. The Labute approximate surface area is 169 Å². The molecule has 0 atom stereocenters. The van der Waals surface area contributed by atoms with Gasteiger partial charge in [-0.3, -0.25) is 4.72 Å². The highest BCUT2D eigenvalue weighted by Crippen LogP contribution is 2.38. The van der Waals surface area contributed by atoms with Gasteiger partial charge in [-0.15, -0.1) is 0 Å². The Morgan fingerprint density at radius 1 is 1.07 bits per heavy atom. The van der Waals surface area contributed by atoms with Crippen LogP contribution in [0.1, 0.15) is 35.1 Å². The first-order valence-electron chi connectivity index (χ1n) is 9.51. The topological polar surface area (TPSA) is 90.8 Å². The van der Waals surface area contributed by atoms with Crippen LogP contribution in [0.5, 0.6) is 5.75 Å². The third-order valence-corrected chi connectivity index (χ3v) is 6.23. The van der Waals surface area contributed by atoms with Crippen LogP contribution in [0.2, 0.25) is 0 Å². The molecule has 0 saturated heterocycles. The third-order valence-electron chi connectivity index (χ3n) is 5.45. The Kier molecular flexibility index (Phi) is 5.52. The third kappa shape index (κ3) is 3.72. The molecular weight excluding hydrogens is 375 g/mol. The maximum atomic E-state index is 12.6. The molecule has 2 aliphatic carbocycles. The van der Waals surface area contributed by atoms with Crippen LogP contribution in [0, 0.1) is 0 Å². The normalized spacial score (nSPS) is 14.4.